The predicted octanol–water partition coefficient (Wildman–Crippen LogP) is 4.11. The van der Waals surface area contributed by atoms with Crippen LogP contribution in [-0.2, 0) is 0 Å². The Bertz CT molecular complexity index is 509. The van der Waals surface area contributed by atoms with Crippen molar-refractivity contribution in [2.75, 3.05) is 40.4 Å². The van der Waals surface area contributed by atoms with Crippen LogP contribution in [0.3, 0.4) is 0 Å². The molecule has 0 amide bonds. The molecular formula is C17H27Cl3N2O2. The Labute approximate surface area is 162 Å². The molecule has 0 saturated carbocycles. The molecule has 24 heavy (non-hydrogen) atoms. The summed E-state index contributed by atoms with van der Waals surface area (Å²) in [5, 5.41) is 4.04. The third kappa shape index (κ3) is 5.43. The van der Waals surface area contributed by atoms with E-state index < -0.39 is 0 Å². The molecule has 1 fully saturated rings. The van der Waals surface area contributed by atoms with E-state index in [2.05, 4.69) is 22.9 Å². The van der Waals surface area contributed by atoms with Gasteiger partial charge in [-0.15, -0.1) is 31.4 Å². The number of halogens is 3. The van der Waals surface area contributed by atoms with Gasteiger partial charge in [-0.05, 0) is 24.5 Å². The van der Waals surface area contributed by atoms with Gasteiger partial charge in [-0.3, -0.25) is 4.90 Å². The molecule has 1 aliphatic rings. The van der Waals surface area contributed by atoms with Gasteiger partial charge < -0.3 is 14.8 Å². The molecule has 1 aromatic carbocycles. The normalized spacial score (nSPS) is 15.6. The summed E-state index contributed by atoms with van der Waals surface area (Å²) < 4.78 is 10.8. The molecule has 1 N–H and O–H groups in total. The van der Waals surface area contributed by atoms with Gasteiger partial charge in [0.2, 0.25) is 0 Å². The minimum atomic E-state index is 0. The zero-order valence-corrected chi connectivity index (χ0v) is 16.6. The highest BCUT2D eigenvalue weighted by atomic mass is 35.5. The molecule has 0 bridgehead atoms. The number of rotatable bonds is 7. The van der Waals surface area contributed by atoms with Crippen LogP contribution in [0.1, 0.15) is 24.4 Å². The number of nitrogens with zero attached hydrogens (tertiary/aromatic N) is 1. The second kappa shape index (κ2) is 11.8. The van der Waals surface area contributed by atoms with Gasteiger partial charge in [0, 0.05) is 32.2 Å². The fraction of sp³-hybridized carbons (Fsp3) is 0.529. The number of benzene rings is 1. The van der Waals surface area contributed by atoms with Crippen molar-refractivity contribution in [3.8, 4) is 11.5 Å². The van der Waals surface area contributed by atoms with Crippen LogP contribution in [0.15, 0.2) is 24.8 Å². The molecule has 1 aliphatic heterocycles. The third-order valence-corrected chi connectivity index (χ3v) is 4.50. The summed E-state index contributed by atoms with van der Waals surface area (Å²) >= 11 is 6.61. The predicted molar refractivity (Wildman–Crippen MR) is 106 cm³/mol. The van der Waals surface area contributed by atoms with Crippen LogP contribution in [0, 0.1) is 0 Å². The summed E-state index contributed by atoms with van der Waals surface area (Å²) in [5.74, 6) is 1.28. The van der Waals surface area contributed by atoms with Crippen molar-refractivity contribution in [3.63, 3.8) is 0 Å². The Morgan fingerprint density at radius 1 is 1.25 bits per heavy atom. The average Bonchev–Trinajstić information content (AvgIpc) is 2.57. The number of hydrogen-bond donors (Lipinski definition) is 1. The molecule has 0 unspecified atom stereocenters. The van der Waals surface area contributed by atoms with E-state index in [0.717, 1.165) is 44.6 Å². The van der Waals surface area contributed by atoms with Crippen molar-refractivity contribution in [1.82, 2.24) is 10.2 Å². The number of methoxy groups -OCH3 is 2. The first-order valence-corrected chi connectivity index (χ1v) is 8.06. The van der Waals surface area contributed by atoms with Crippen LogP contribution in [-0.4, -0.2) is 45.3 Å². The van der Waals surface area contributed by atoms with Gasteiger partial charge in [-0.2, -0.15) is 0 Å². The van der Waals surface area contributed by atoms with E-state index >= 15 is 0 Å². The molecule has 0 spiro atoms. The van der Waals surface area contributed by atoms with E-state index in [0.29, 0.717) is 16.5 Å². The van der Waals surface area contributed by atoms with Crippen molar-refractivity contribution in [2.45, 2.75) is 18.9 Å². The van der Waals surface area contributed by atoms with Crippen molar-refractivity contribution in [1.29, 1.82) is 0 Å². The quantitative estimate of drug-likeness (QED) is 0.702. The molecule has 1 aromatic rings. The van der Waals surface area contributed by atoms with Gasteiger partial charge in [0.1, 0.15) is 0 Å². The van der Waals surface area contributed by atoms with Crippen LogP contribution in [0.2, 0.25) is 5.02 Å². The Kier molecular flexibility index (Phi) is 11.5. The summed E-state index contributed by atoms with van der Waals surface area (Å²) in [7, 11) is 3.25. The van der Waals surface area contributed by atoms with E-state index in [1.165, 1.54) is 0 Å². The molecular weight excluding hydrogens is 371 g/mol. The maximum atomic E-state index is 6.61. The molecule has 0 aromatic heterocycles. The van der Waals surface area contributed by atoms with Gasteiger partial charge >= 0.3 is 0 Å². The number of hydrogen-bond acceptors (Lipinski definition) is 4. The van der Waals surface area contributed by atoms with Gasteiger partial charge in [0.15, 0.2) is 11.5 Å². The van der Waals surface area contributed by atoms with E-state index in [1.807, 2.05) is 12.1 Å². The van der Waals surface area contributed by atoms with Gasteiger partial charge in [-0.1, -0.05) is 23.7 Å². The topological polar surface area (TPSA) is 33.7 Å². The molecule has 1 atom stereocenters. The lowest BCUT2D eigenvalue weighted by Gasteiger charge is -2.36. The standard InChI is InChI=1S/C17H25ClN2O2.2ClH/c1-4-5-6-14(20-11-9-19-10-12-20)13-7-8-15(21-2)17(22-3)16(13)18;;/h4,7-8,14,19H,1,5-6,9-12H2,2-3H3;2*1H/t14-;;/m1../s1. The van der Waals surface area contributed by atoms with Crippen molar-refractivity contribution in [3.05, 3.63) is 35.4 Å². The Morgan fingerprint density at radius 2 is 1.92 bits per heavy atom. The first-order valence-electron chi connectivity index (χ1n) is 7.69. The molecule has 2 rings (SSSR count). The van der Waals surface area contributed by atoms with Gasteiger partial charge in [0.05, 0.1) is 19.2 Å². The Balaban J connectivity index is 0.00000264. The fourth-order valence-electron chi connectivity index (χ4n) is 2.97. The van der Waals surface area contributed by atoms with E-state index in [-0.39, 0.29) is 30.9 Å². The summed E-state index contributed by atoms with van der Waals surface area (Å²) in [6.07, 6.45) is 3.92. The highest BCUT2D eigenvalue weighted by Crippen LogP contribution is 2.42. The maximum absolute atomic E-state index is 6.61. The molecule has 0 radical (unpaired) electrons. The van der Waals surface area contributed by atoms with Crippen molar-refractivity contribution >= 4 is 36.4 Å². The van der Waals surface area contributed by atoms with E-state index in [4.69, 9.17) is 21.1 Å². The summed E-state index contributed by atoms with van der Waals surface area (Å²) in [5.41, 5.74) is 1.10. The lowest BCUT2D eigenvalue weighted by molar-refractivity contribution is 0.166. The Morgan fingerprint density at radius 3 is 2.46 bits per heavy atom. The second-order valence-corrected chi connectivity index (χ2v) is 5.75. The van der Waals surface area contributed by atoms with Crippen molar-refractivity contribution < 1.29 is 9.47 Å². The molecule has 1 saturated heterocycles. The largest absolute Gasteiger partial charge is 0.493 e. The first-order chi connectivity index (χ1) is 10.7. The minimum absolute atomic E-state index is 0. The highest BCUT2D eigenvalue weighted by molar-refractivity contribution is 6.33. The van der Waals surface area contributed by atoms with Crippen molar-refractivity contribution in [2.24, 2.45) is 0 Å². The van der Waals surface area contributed by atoms with Gasteiger partial charge in [0.25, 0.3) is 0 Å². The molecule has 7 heteroatoms. The van der Waals surface area contributed by atoms with Crippen LogP contribution in [0.4, 0.5) is 0 Å². The highest BCUT2D eigenvalue weighted by Gasteiger charge is 2.26. The maximum Gasteiger partial charge on any atom is 0.179 e. The second-order valence-electron chi connectivity index (χ2n) is 5.37. The number of nitrogens with one attached hydrogen (secondary N) is 1. The van der Waals surface area contributed by atoms with Crippen LogP contribution in [0.5, 0.6) is 11.5 Å². The summed E-state index contributed by atoms with van der Waals surface area (Å²) in [4.78, 5) is 2.48. The van der Waals surface area contributed by atoms with E-state index in [1.54, 1.807) is 14.2 Å². The first kappa shape index (κ1) is 23.4. The zero-order valence-electron chi connectivity index (χ0n) is 14.2. The van der Waals surface area contributed by atoms with Gasteiger partial charge in [-0.25, -0.2) is 0 Å². The molecule has 138 valence electrons. The monoisotopic (exact) mass is 396 g/mol. The third-order valence-electron chi connectivity index (χ3n) is 4.11. The zero-order chi connectivity index (χ0) is 15.9. The number of piperazine rings is 1. The number of allylic oxidation sites excluding steroid dienone is 1. The molecule has 4 nitrogen and oxygen atoms in total. The van der Waals surface area contributed by atoms with Crippen LogP contribution < -0.4 is 14.8 Å². The molecule has 0 aliphatic carbocycles. The van der Waals surface area contributed by atoms with Crippen LogP contribution >= 0.6 is 36.4 Å². The Hall–Kier alpha value is -0.650. The fourth-order valence-corrected chi connectivity index (χ4v) is 3.33. The lowest BCUT2D eigenvalue weighted by Crippen LogP contribution is -2.45. The summed E-state index contributed by atoms with van der Waals surface area (Å²) in [6, 6.07) is 4.26. The smallest absolute Gasteiger partial charge is 0.179 e. The summed E-state index contributed by atoms with van der Waals surface area (Å²) in [6.45, 7) is 7.91. The molecule has 1 heterocycles. The lowest BCUT2D eigenvalue weighted by atomic mass is 9.98. The average molecular weight is 398 g/mol. The SMILES string of the molecule is C=CCC[C@H](c1ccc(OC)c(OC)c1Cl)N1CCNCC1.Cl.Cl. The van der Waals surface area contributed by atoms with Crippen LogP contribution in [0.25, 0.3) is 0 Å². The van der Waals surface area contributed by atoms with E-state index in [9.17, 15) is 0 Å². The number of ether oxygens (including phenoxy) is 2. The minimum Gasteiger partial charge on any atom is -0.493 e.